The first-order valence-corrected chi connectivity index (χ1v) is 7.20. The third kappa shape index (κ3) is 3.56. The largest absolute Gasteiger partial charge is 0.380 e. The zero-order valence-corrected chi connectivity index (χ0v) is 12.1. The van der Waals surface area contributed by atoms with Crippen molar-refractivity contribution in [3.05, 3.63) is 35.9 Å². The molecule has 0 aliphatic carbocycles. The molecule has 3 heteroatoms. The molecule has 2 atom stereocenters. The van der Waals surface area contributed by atoms with E-state index in [4.69, 9.17) is 10.5 Å². The lowest BCUT2D eigenvalue weighted by Gasteiger charge is -2.45. The van der Waals surface area contributed by atoms with Crippen LogP contribution >= 0.6 is 0 Å². The van der Waals surface area contributed by atoms with Crippen LogP contribution in [0, 0.1) is 0 Å². The molecule has 1 aromatic carbocycles. The number of piperidine rings is 1. The Balaban J connectivity index is 2.08. The molecule has 0 aromatic heterocycles. The summed E-state index contributed by atoms with van der Waals surface area (Å²) in [6, 6.07) is 10.6. The molecule has 1 fully saturated rings. The Kier molecular flexibility index (Phi) is 4.97. The maximum absolute atomic E-state index is 6.09. The lowest BCUT2D eigenvalue weighted by atomic mass is 9.88. The molecular formula is C16H26N2O. The van der Waals surface area contributed by atoms with Crippen molar-refractivity contribution in [2.45, 2.75) is 37.8 Å². The molecule has 1 aromatic rings. The molecule has 1 aliphatic heterocycles. The Bertz CT molecular complexity index is 382. The first kappa shape index (κ1) is 14.5. The smallest absolute Gasteiger partial charge is 0.0698 e. The Morgan fingerprint density at radius 3 is 2.74 bits per heavy atom. The molecule has 2 unspecified atom stereocenters. The van der Waals surface area contributed by atoms with Crippen molar-refractivity contribution in [2.75, 3.05) is 26.7 Å². The van der Waals surface area contributed by atoms with E-state index in [1.54, 1.807) is 0 Å². The Labute approximate surface area is 116 Å². The van der Waals surface area contributed by atoms with E-state index in [0.29, 0.717) is 12.6 Å². The number of likely N-dealkylation sites (tertiary alicyclic amines) is 1. The fraction of sp³-hybridized carbons (Fsp3) is 0.625. The van der Waals surface area contributed by atoms with Crippen LogP contribution in [0.1, 0.15) is 25.3 Å². The molecule has 3 nitrogen and oxygen atoms in total. The van der Waals surface area contributed by atoms with Gasteiger partial charge in [0.15, 0.2) is 0 Å². The Morgan fingerprint density at radius 1 is 1.37 bits per heavy atom. The number of hydrogen-bond donors (Lipinski definition) is 1. The third-order valence-corrected chi connectivity index (χ3v) is 4.34. The minimum absolute atomic E-state index is 0.0263. The summed E-state index contributed by atoms with van der Waals surface area (Å²) in [6.45, 7) is 5.08. The van der Waals surface area contributed by atoms with Gasteiger partial charge in [0.1, 0.15) is 0 Å². The van der Waals surface area contributed by atoms with Gasteiger partial charge in [0, 0.05) is 25.7 Å². The Morgan fingerprint density at radius 2 is 2.11 bits per heavy atom. The number of methoxy groups -OCH3 is 1. The second-order valence-electron chi connectivity index (χ2n) is 5.81. The molecule has 0 amide bonds. The van der Waals surface area contributed by atoms with E-state index in [-0.39, 0.29) is 5.54 Å². The molecule has 1 heterocycles. The predicted molar refractivity (Wildman–Crippen MR) is 79.2 cm³/mol. The van der Waals surface area contributed by atoms with Gasteiger partial charge in [-0.15, -0.1) is 0 Å². The quantitative estimate of drug-likeness (QED) is 0.882. The Hall–Kier alpha value is -0.900. The summed E-state index contributed by atoms with van der Waals surface area (Å²) < 4.78 is 5.53. The van der Waals surface area contributed by atoms with Crippen LogP contribution in [0.4, 0.5) is 0 Å². The van der Waals surface area contributed by atoms with E-state index < -0.39 is 0 Å². The second kappa shape index (κ2) is 6.51. The number of ether oxygens (including phenoxy) is 1. The molecule has 2 N–H and O–H groups in total. The SMILES string of the molecule is COC1CCCN(C(C)(CN)Cc2ccccc2)C1. The first-order chi connectivity index (χ1) is 9.18. The van der Waals surface area contributed by atoms with Gasteiger partial charge in [-0.1, -0.05) is 30.3 Å². The summed E-state index contributed by atoms with van der Waals surface area (Å²) in [4.78, 5) is 2.51. The standard InChI is InChI=1S/C16H26N2O/c1-16(13-17,11-14-7-4-3-5-8-14)18-10-6-9-15(12-18)19-2/h3-5,7-8,15H,6,9-13,17H2,1-2H3. The van der Waals surface area contributed by atoms with Gasteiger partial charge in [-0.25, -0.2) is 0 Å². The predicted octanol–water partition coefficient (Wildman–Crippen LogP) is 2.06. The van der Waals surface area contributed by atoms with E-state index in [2.05, 4.69) is 42.2 Å². The molecule has 1 aliphatic rings. The normalized spacial score (nSPS) is 24.1. The van der Waals surface area contributed by atoms with Crippen LogP contribution in [0.5, 0.6) is 0 Å². The summed E-state index contributed by atoms with van der Waals surface area (Å²) in [5.74, 6) is 0. The lowest BCUT2D eigenvalue weighted by molar-refractivity contribution is -0.0113. The maximum Gasteiger partial charge on any atom is 0.0698 e. The van der Waals surface area contributed by atoms with Gasteiger partial charge in [-0.3, -0.25) is 4.90 Å². The molecular weight excluding hydrogens is 236 g/mol. The lowest BCUT2D eigenvalue weighted by Crippen LogP contribution is -2.57. The molecule has 2 rings (SSSR count). The van der Waals surface area contributed by atoms with Gasteiger partial charge in [-0.2, -0.15) is 0 Å². The van der Waals surface area contributed by atoms with Crippen molar-refractivity contribution >= 4 is 0 Å². The zero-order chi connectivity index (χ0) is 13.7. The number of rotatable bonds is 5. The highest BCUT2D eigenvalue weighted by Gasteiger charge is 2.34. The van der Waals surface area contributed by atoms with E-state index in [9.17, 15) is 0 Å². The highest BCUT2D eigenvalue weighted by atomic mass is 16.5. The van der Waals surface area contributed by atoms with Crippen LogP contribution in [0.15, 0.2) is 30.3 Å². The van der Waals surface area contributed by atoms with Crippen molar-refractivity contribution < 1.29 is 4.74 Å². The van der Waals surface area contributed by atoms with Crippen molar-refractivity contribution in [3.8, 4) is 0 Å². The van der Waals surface area contributed by atoms with E-state index in [1.807, 2.05) is 7.11 Å². The zero-order valence-electron chi connectivity index (χ0n) is 12.1. The monoisotopic (exact) mass is 262 g/mol. The average Bonchev–Trinajstić information content (AvgIpc) is 2.48. The fourth-order valence-electron chi connectivity index (χ4n) is 2.97. The van der Waals surface area contributed by atoms with Crippen molar-refractivity contribution in [2.24, 2.45) is 5.73 Å². The molecule has 1 saturated heterocycles. The van der Waals surface area contributed by atoms with Gasteiger partial charge >= 0.3 is 0 Å². The van der Waals surface area contributed by atoms with E-state index in [0.717, 1.165) is 19.5 Å². The number of benzene rings is 1. The van der Waals surface area contributed by atoms with Crippen LogP contribution in [0.25, 0.3) is 0 Å². The minimum Gasteiger partial charge on any atom is -0.380 e. The summed E-state index contributed by atoms with van der Waals surface area (Å²) in [7, 11) is 1.81. The van der Waals surface area contributed by atoms with Crippen LogP contribution in [-0.4, -0.2) is 43.3 Å². The van der Waals surface area contributed by atoms with Gasteiger partial charge in [0.2, 0.25) is 0 Å². The minimum atomic E-state index is 0.0263. The summed E-state index contributed by atoms with van der Waals surface area (Å²) in [6.07, 6.45) is 3.72. The highest BCUT2D eigenvalue weighted by molar-refractivity contribution is 5.18. The second-order valence-corrected chi connectivity index (χ2v) is 5.81. The molecule has 0 spiro atoms. The summed E-state index contributed by atoms with van der Waals surface area (Å²) in [5.41, 5.74) is 7.47. The van der Waals surface area contributed by atoms with Gasteiger partial charge in [0.05, 0.1) is 6.10 Å². The molecule has 0 radical (unpaired) electrons. The average molecular weight is 262 g/mol. The first-order valence-electron chi connectivity index (χ1n) is 7.20. The van der Waals surface area contributed by atoms with Crippen molar-refractivity contribution in [1.29, 1.82) is 0 Å². The van der Waals surface area contributed by atoms with Crippen LogP contribution in [0.3, 0.4) is 0 Å². The number of nitrogens with zero attached hydrogens (tertiary/aromatic N) is 1. The molecule has 106 valence electrons. The third-order valence-electron chi connectivity index (χ3n) is 4.34. The van der Waals surface area contributed by atoms with Crippen LogP contribution in [-0.2, 0) is 11.2 Å². The highest BCUT2D eigenvalue weighted by Crippen LogP contribution is 2.25. The number of hydrogen-bond acceptors (Lipinski definition) is 3. The van der Waals surface area contributed by atoms with Gasteiger partial charge in [-0.05, 0) is 38.3 Å². The van der Waals surface area contributed by atoms with Crippen LogP contribution in [0.2, 0.25) is 0 Å². The summed E-state index contributed by atoms with van der Waals surface area (Å²) >= 11 is 0. The van der Waals surface area contributed by atoms with Gasteiger partial charge in [0.25, 0.3) is 0 Å². The van der Waals surface area contributed by atoms with Crippen molar-refractivity contribution in [1.82, 2.24) is 4.90 Å². The van der Waals surface area contributed by atoms with E-state index in [1.165, 1.54) is 18.4 Å². The molecule has 0 saturated carbocycles. The molecule has 0 bridgehead atoms. The van der Waals surface area contributed by atoms with E-state index >= 15 is 0 Å². The topological polar surface area (TPSA) is 38.5 Å². The molecule has 19 heavy (non-hydrogen) atoms. The maximum atomic E-state index is 6.09. The van der Waals surface area contributed by atoms with Gasteiger partial charge < -0.3 is 10.5 Å². The van der Waals surface area contributed by atoms with Crippen LogP contribution < -0.4 is 5.73 Å². The van der Waals surface area contributed by atoms with Crippen molar-refractivity contribution in [3.63, 3.8) is 0 Å². The fourth-order valence-corrected chi connectivity index (χ4v) is 2.97. The summed E-state index contributed by atoms with van der Waals surface area (Å²) in [5, 5.41) is 0. The number of nitrogens with two attached hydrogens (primary N) is 1.